The molecule has 3 rings (SSSR count). The molecule has 1 aromatic carbocycles. The van der Waals surface area contributed by atoms with E-state index in [1.807, 2.05) is 0 Å². The summed E-state index contributed by atoms with van der Waals surface area (Å²) >= 11 is 5.74. The van der Waals surface area contributed by atoms with E-state index in [-0.39, 0.29) is 24.5 Å². The largest absolute Gasteiger partial charge is 0.410 e. The number of carbonyl (C=O) groups is 2. The summed E-state index contributed by atoms with van der Waals surface area (Å²) in [4.78, 5) is 29.6. The van der Waals surface area contributed by atoms with Crippen molar-refractivity contribution in [3.63, 3.8) is 0 Å². The van der Waals surface area contributed by atoms with Crippen LogP contribution < -0.4 is 10.2 Å². The second-order valence-electron chi connectivity index (χ2n) is 5.70. The molecule has 9 heteroatoms. The number of rotatable bonds is 4. The molecule has 1 atom stereocenters. The Kier molecular flexibility index (Phi) is 5.06. The van der Waals surface area contributed by atoms with Crippen LogP contribution in [-0.4, -0.2) is 34.4 Å². The van der Waals surface area contributed by atoms with Crippen LogP contribution in [-0.2, 0) is 16.1 Å². The molecule has 2 heterocycles. The quantitative estimate of drug-likeness (QED) is 0.795. The fraction of sp³-hybridized carbons (Fsp3) is 0.235. The Hall–Kier alpha value is -2.71. The van der Waals surface area contributed by atoms with Crippen molar-refractivity contribution >= 4 is 29.4 Å². The maximum absolute atomic E-state index is 13.3. The van der Waals surface area contributed by atoms with Crippen molar-refractivity contribution in [3.05, 3.63) is 59.0 Å². The number of anilines is 1. The van der Waals surface area contributed by atoms with E-state index < -0.39 is 23.6 Å². The molecule has 7 nitrogen and oxygen atoms in total. The predicted molar refractivity (Wildman–Crippen MR) is 90.9 cm³/mol. The normalized spacial score (nSPS) is 19.5. The number of ether oxygens (including phenoxy) is 1. The van der Waals surface area contributed by atoms with Gasteiger partial charge in [-0.15, -0.1) is 0 Å². The minimum absolute atomic E-state index is 0.0788. The molecule has 1 aliphatic rings. The van der Waals surface area contributed by atoms with Gasteiger partial charge in [-0.1, -0.05) is 17.7 Å². The molecule has 2 N–H and O–H groups in total. The van der Waals surface area contributed by atoms with E-state index in [4.69, 9.17) is 16.3 Å². The van der Waals surface area contributed by atoms with E-state index in [1.165, 1.54) is 23.2 Å². The van der Waals surface area contributed by atoms with Gasteiger partial charge in [0.15, 0.2) is 0 Å². The third kappa shape index (κ3) is 3.92. The van der Waals surface area contributed by atoms with E-state index in [9.17, 15) is 19.1 Å². The van der Waals surface area contributed by atoms with Crippen LogP contribution in [0.4, 0.5) is 15.0 Å². The van der Waals surface area contributed by atoms with Crippen LogP contribution in [0.3, 0.4) is 0 Å². The third-order valence-electron chi connectivity index (χ3n) is 3.80. The summed E-state index contributed by atoms with van der Waals surface area (Å²) in [6.07, 6.45) is 0.406. The summed E-state index contributed by atoms with van der Waals surface area (Å²) in [5.41, 5.74) is 0.409. The molecular formula is C17H15ClFN3O4. The first kappa shape index (κ1) is 18.1. The summed E-state index contributed by atoms with van der Waals surface area (Å²) in [5.74, 6) is -3.24. The molecule has 1 aliphatic heterocycles. The summed E-state index contributed by atoms with van der Waals surface area (Å²) in [7, 11) is 0. The van der Waals surface area contributed by atoms with Gasteiger partial charge >= 0.3 is 12.0 Å². The van der Waals surface area contributed by atoms with Crippen molar-refractivity contribution in [3.8, 4) is 0 Å². The van der Waals surface area contributed by atoms with Crippen molar-refractivity contribution in [2.24, 2.45) is 0 Å². The smallest absolute Gasteiger partial charge is 0.407 e. The lowest BCUT2D eigenvalue weighted by molar-refractivity contribution is -0.175. The lowest BCUT2D eigenvalue weighted by Gasteiger charge is -2.22. The zero-order chi connectivity index (χ0) is 18.7. The molecule has 0 bridgehead atoms. The van der Waals surface area contributed by atoms with Gasteiger partial charge in [-0.05, 0) is 35.9 Å². The second-order valence-corrected chi connectivity index (χ2v) is 6.14. The fourth-order valence-electron chi connectivity index (χ4n) is 2.59. The molecule has 136 valence electrons. The number of halogens is 2. The van der Waals surface area contributed by atoms with E-state index >= 15 is 0 Å². The number of pyridine rings is 1. The molecule has 2 amide bonds. The van der Waals surface area contributed by atoms with Crippen LogP contribution in [0.5, 0.6) is 0 Å². The molecular weight excluding hydrogens is 365 g/mol. The minimum atomic E-state index is -2.28. The summed E-state index contributed by atoms with van der Waals surface area (Å²) < 4.78 is 18.2. The van der Waals surface area contributed by atoms with Crippen molar-refractivity contribution in [2.45, 2.75) is 18.8 Å². The highest BCUT2D eigenvalue weighted by atomic mass is 35.5. The van der Waals surface area contributed by atoms with Gasteiger partial charge in [-0.3, -0.25) is 9.69 Å². The number of carbonyl (C=O) groups excluding carboxylic acids is 2. The van der Waals surface area contributed by atoms with Gasteiger partial charge in [-0.25, -0.2) is 14.2 Å². The molecule has 1 aromatic heterocycles. The monoisotopic (exact) mass is 379 g/mol. The summed E-state index contributed by atoms with van der Waals surface area (Å²) in [6, 6.07) is 8.81. The van der Waals surface area contributed by atoms with Crippen LogP contribution in [0, 0.1) is 5.82 Å². The SMILES string of the molecule is O=C(NCc1cc(F)cc(Cl)c1)O[C@@]1(O)CCN(c2ccccn2)C1=O. The van der Waals surface area contributed by atoms with Crippen molar-refractivity contribution in [1.29, 1.82) is 0 Å². The maximum Gasteiger partial charge on any atom is 0.410 e. The number of nitrogens with zero attached hydrogens (tertiary/aromatic N) is 2. The highest BCUT2D eigenvalue weighted by Crippen LogP contribution is 2.28. The lowest BCUT2D eigenvalue weighted by Crippen LogP contribution is -2.46. The first-order valence-electron chi connectivity index (χ1n) is 7.74. The summed E-state index contributed by atoms with van der Waals surface area (Å²) in [5, 5.41) is 12.9. The van der Waals surface area contributed by atoms with Crippen molar-refractivity contribution in [2.75, 3.05) is 11.4 Å². The molecule has 0 saturated carbocycles. The minimum Gasteiger partial charge on any atom is -0.407 e. The van der Waals surface area contributed by atoms with Gasteiger partial charge in [0, 0.05) is 30.7 Å². The number of alkyl carbamates (subject to hydrolysis) is 1. The highest BCUT2D eigenvalue weighted by molar-refractivity contribution is 6.30. The zero-order valence-electron chi connectivity index (χ0n) is 13.5. The Balaban J connectivity index is 1.61. The van der Waals surface area contributed by atoms with Gasteiger partial charge in [-0.2, -0.15) is 0 Å². The molecule has 1 fully saturated rings. The van der Waals surface area contributed by atoms with Crippen molar-refractivity contribution < 1.29 is 23.8 Å². The van der Waals surface area contributed by atoms with Gasteiger partial charge in [0.1, 0.15) is 11.6 Å². The Morgan fingerprint density at radius 2 is 2.23 bits per heavy atom. The first-order chi connectivity index (χ1) is 12.4. The van der Waals surface area contributed by atoms with E-state index in [2.05, 4.69) is 10.3 Å². The van der Waals surface area contributed by atoms with Gasteiger partial charge in [0.25, 0.3) is 5.79 Å². The first-order valence-corrected chi connectivity index (χ1v) is 8.12. The van der Waals surface area contributed by atoms with Gasteiger partial charge in [0.2, 0.25) is 0 Å². The average molecular weight is 380 g/mol. The Bertz CT molecular complexity index is 816. The molecule has 26 heavy (non-hydrogen) atoms. The number of aromatic nitrogens is 1. The van der Waals surface area contributed by atoms with Crippen LogP contribution >= 0.6 is 11.6 Å². The standard InChI is InChI=1S/C17H15ClFN3O4/c18-12-7-11(8-13(19)9-12)10-21-16(24)26-17(25)4-6-22(15(17)23)14-3-1-2-5-20-14/h1-3,5,7-9,25H,4,6,10H2,(H,21,24)/t17-/m0/s1. The Labute approximate surface area is 153 Å². The van der Waals surface area contributed by atoms with E-state index in [1.54, 1.807) is 18.2 Å². The number of amides is 2. The predicted octanol–water partition coefficient (Wildman–Crippen LogP) is 2.23. The van der Waals surface area contributed by atoms with Gasteiger partial charge in [0.05, 0.1) is 0 Å². The number of benzene rings is 1. The van der Waals surface area contributed by atoms with Crippen molar-refractivity contribution in [1.82, 2.24) is 10.3 Å². The fourth-order valence-corrected chi connectivity index (χ4v) is 2.83. The zero-order valence-corrected chi connectivity index (χ0v) is 14.2. The Morgan fingerprint density at radius 3 is 2.92 bits per heavy atom. The van der Waals surface area contributed by atoms with Gasteiger partial charge < -0.3 is 15.2 Å². The third-order valence-corrected chi connectivity index (χ3v) is 4.02. The van der Waals surface area contributed by atoms with E-state index in [0.717, 1.165) is 6.07 Å². The Morgan fingerprint density at radius 1 is 1.42 bits per heavy atom. The number of hydrogen-bond donors (Lipinski definition) is 2. The van der Waals surface area contributed by atoms with Crippen LogP contribution in [0.2, 0.25) is 5.02 Å². The number of hydrogen-bond acceptors (Lipinski definition) is 5. The highest BCUT2D eigenvalue weighted by Gasteiger charge is 2.50. The van der Waals surface area contributed by atoms with Crippen LogP contribution in [0.15, 0.2) is 42.6 Å². The molecule has 2 aromatic rings. The summed E-state index contributed by atoms with van der Waals surface area (Å²) in [6.45, 7) is 0.0731. The molecule has 0 spiro atoms. The number of nitrogens with one attached hydrogen (secondary N) is 1. The van der Waals surface area contributed by atoms with Crippen LogP contribution in [0.25, 0.3) is 0 Å². The lowest BCUT2D eigenvalue weighted by atomic mass is 10.2. The van der Waals surface area contributed by atoms with E-state index in [0.29, 0.717) is 11.4 Å². The molecule has 0 radical (unpaired) electrons. The molecule has 0 unspecified atom stereocenters. The molecule has 1 saturated heterocycles. The average Bonchev–Trinajstić information content (AvgIpc) is 2.88. The number of aliphatic hydroxyl groups is 1. The maximum atomic E-state index is 13.3. The van der Waals surface area contributed by atoms with Crippen LogP contribution in [0.1, 0.15) is 12.0 Å². The second kappa shape index (κ2) is 7.27. The topological polar surface area (TPSA) is 91.8 Å². The molecule has 0 aliphatic carbocycles.